The number of halogens is 1. The molecular formula is C15H27BrN2S. The molecule has 0 aliphatic rings. The number of rotatable bonds is 6. The third-order valence-corrected chi connectivity index (χ3v) is 4.89. The molecule has 0 saturated carbocycles. The summed E-state index contributed by atoms with van der Waals surface area (Å²) in [6, 6.07) is 2.77. The van der Waals surface area contributed by atoms with Gasteiger partial charge in [0.15, 0.2) is 0 Å². The fraction of sp³-hybridized carbons (Fsp3) is 0.733. The van der Waals surface area contributed by atoms with E-state index in [2.05, 4.69) is 79.3 Å². The summed E-state index contributed by atoms with van der Waals surface area (Å²) in [6.07, 6.45) is 0. The third-order valence-electron chi connectivity index (χ3n) is 3.20. The van der Waals surface area contributed by atoms with Crippen LogP contribution in [-0.4, -0.2) is 30.1 Å². The number of hydrogen-bond acceptors (Lipinski definition) is 3. The van der Waals surface area contributed by atoms with Crippen molar-refractivity contribution in [1.82, 2.24) is 10.2 Å². The van der Waals surface area contributed by atoms with Crippen LogP contribution in [0.15, 0.2) is 15.9 Å². The second kappa shape index (κ2) is 7.21. The molecule has 110 valence electrons. The fourth-order valence-electron chi connectivity index (χ4n) is 2.11. The Balaban J connectivity index is 2.60. The van der Waals surface area contributed by atoms with Gasteiger partial charge in [0.25, 0.3) is 0 Å². The molecule has 0 aromatic carbocycles. The van der Waals surface area contributed by atoms with Gasteiger partial charge in [-0.05, 0) is 55.7 Å². The Morgan fingerprint density at radius 3 is 2.42 bits per heavy atom. The fourth-order valence-corrected chi connectivity index (χ4v) is 3.62. The van der Waals surface area contributed by atoms with E-state index in [4.69, 9.17) is 0 Å². The maximum absolute atomic E-state index is 3.63. The molecule has 1 unspecified atom stereocenters. The van der Waals surface area contributed by atoms with E-state index in [1.165, 1.54) is 9.35 Å². The average molecular weight is 347 g/mol. The van der Waals surface area contributed by atoms with E-state index in [9.17, 15) is 0 Å². The van der Waals surface area contributed by atoms with Gasteiger partial charge < -0.3 is 5.32 Å². The van der Waals surface area contributed by atoms with Crippen molar-refractivity contribution in [2.75, 3.05) is 13.6 Å². The molecule has 0 fully saturated rings. The first-order valence-corrected chi connectivity index (χ1v) is 8.54. The van der Waals surface area contributed by atoms with Gasteiger partial charge in [0.1, 0.15) is 0 Å². The van der Waals surface area contributed by atoms with Gasteiger partial charge in [0, 0.05) is 39.4 Å². The van der Waals surface area contributed by atoms with Gasteiger partial charge in [-0.25, -0.2) is 0 Å². The van der Waals surface area contributed by atoms with Crippen molar-refractivity contribution in [2.45, 2.75) is 52.7 Å². The smallest absolute Gasteiger partial charge is 0.0328 e. The van der Waals surface area contributed by atoms with Crippen LogP contribution in [0.1, 0.15) is 39.5 Å². The van der Waals surface area contributed by atoms with E-state index < -0.39 is 0 Å². The standard InChI is InChI=1S/C15H27BrN2S/c1-11(2)14(8-17-15(3,4)5)18(6)9-13-7-12(16)10-19-13/h7,10-11,14,17H,8-9H2,1-6H3. The molecule has 0 saturated heterocycles. The van der Waals surface area contributed by atoms with E-state index >= 15 is 0 Å². The van der Waals surface area contributed by atoms with Gasteiger partial charge in [-0.1, -0.05) is 13.8 Å². The molecule has 1 heterocycles. The van der Waals surface area contributed by atoms with Crippen molar-refractivity contribution in [3.8, 4) is 0 Å². The molecule has 0 aliphatic carbocycles. The molecule has 0 spiro atoms. The zero-order valence-electron chi connectivity index (χ0n) is 13.0. The number of likely N-dealkylation sites (N-methyl/N-ethyl adjacent to an activating group) is 1. The minimum Gasteiger partial charge on any atom is -0.311 e. The topological polar surface area (TPSA) is 15.3 Å². The number of nitrogens with one attached hydrogen (secondary N) is 1. The molecule has 1 N–H and O–H groups in total. The molecule has 0 aliphatic heterocycles. The lowest BCUT2D eigenvalue weighted by Gasteiger charge is -2.34. The van der Waals surface area contributed by atoms with Crippen LogP contribution >= 0.6 is 27.3 Å². The lowest BCUT2D eigenvalue weighted by atomic mass is 10.0. The Labute approximate surface area is 130 Å². The average Bonchev–Trinajstić information content (AvgIpc) is 2.61. The first kappa shape index (κ1) is 17.2. The zero-order valence-corrected chi connectivity index (χ0v) is 15.4. The van der Waals surface area contributed by atoms with E-state index in [1.54, 1.807) is 0 Å². The highest BCUT2D eigenvalue weighted by atomic mass is 79.9. The number of hydrogen-bond donors (Lipinski definition) is 1. The number of thiophene rings is 1. The highest BCUT2D eigenvalue weighted by Gasteiger charge is 2.21. The van der Waals surface area contributed by atoms with Crippen molar-refractivity contribution < 1.29 is 0 Å². The summed E-state index contributed by atoms with van der Waals surface area (Å²) in [4.78, 5) is 3.87. The van der Waals surface area contributed by atoms with Crippen molar-refractivity contribution in [1.29, 1.82) is 0 Å². The second-order valence-electron chi connectivity index (χ2n) is 6.59. The first-order chi connectivity index (χ1) is 8.69. The SMILES string of the molecule is CC(C)C(CNC(C)(C)C)N(C)Cc1cc(Br)cs1. The molecule has 1 aromatic rings. The Morgan fingerprint density at radius 1 is 1.37 bits per heavy atom. The summed E-state index contributed by atoms with van der Waals surface area (Å²) in [6.45, 7) is 13.3. The van der Waals surface area contributed by atoms with Gasteiger partial charge in [-0.15, -0.1) is 11.3 Å². The molecular weight excluding hydrogens is 320 g/mol. The third kappa shape index (κ3) is 6.39. The highest BCUT2D eigenvalue weighted by Crippen LogP contribution is 2.22. The van der Waals surface area contributed by atoms with Crippen molar-refractivity contribution >= 4 is 27.3 Å². The van der Waals surface area contributed by atoms with E-state index in [0.29, 0.717) is 12.0 Å². The minimum atomic E-state index is 0.180. The van der Waals surface area contributed by atoms with Crippen LogP contribution in [0, 0.1) is 5.92 Å². The van der Waals surface area contributed by atoms with Crippen LogP contribution in [0.25, 0.3) is 0 Å². The molecule has 1 rings (SSSR count). The van der Waals surface area contributed by atoms with Crippen LogP contribution < -0.4 is 5.32 Å². The Morgan fingerprint density at radius 2 is 2.00 bits per heavy atom. The summed E-state index contributed by atoms with van der Waals surface area (Å²) >= 11 is 5.35. The summed E-state index contributed by atoms with van der Waals surface area (Å²) in [5, 5.41) is 5.78. The molecule has 1 atom stereocenters. The second-order valence-corrected chi connectivity index (χ2v) is 8.50. The molecule has 1 aromatic heterocycles. The van der Waals surface area contributed by atoms with Gasteiger partial charge in [0.05, 0.1) is 0 Å². The number of nitrogens with zero attached hydrogens (tertiary/aromatic N) is 1. The van der Waals surface area contributed by atoms with Crippen LogP contribution in [0.2, 0.25) is 0 Å². The Kier molecular flexibility index (Phi) is 6.51. The molecule has 0 amide bonds. The Hall–Kier alpha value is 0.1000. The summed E-state index contributed by atoms with van der Waals surface area (Å²) in [5.74, 6) is 0.642. The molecule has 4 heteroatoms. The van der Waals surface area contributed by atoms with Crippen LogP contribution in [0.5, 0.6) is 0 Å². The zero-order chi connectivity index (χ0) is 14.6. The molecule has 0 bridgehead atoms. The van der Waals surface area contributed by atoms with E-state index in [-0.39, 0.29) is 5.54 Å². The predicted octanol–water partition coefficient (Wildman–Crippen LogP) is 4.36. The monoisotopic (exact) mass is 346 g/mol. The normalized spacial score (nSPS) is 14.4. The van der Waals surface area contributed by atoms with E-state index in [0.717, 1.165) is 13.1 Å². The summed E-state index contributed by atoms with van der Waals surface area (Å²) < 4.78 is 1.19. The minimum absolute atomic E-state index is 0.180. The summed E-state index contributed by atoms with van der Waals surface area (Å²) in [5.41, 5.74) is 0.180. The quantitative estimate of drug-likeness (QED) is 0.823. The molecule has 2 nitrogen and oxygen atoms in total. The van der Waals surface area contributed by atoms with Crippen molar-refractivity contribution in [2.24, 2.45) is 5.92 Å². The predicted molar refractivity (Wildman–Crippen MR) is 89.9 cm³/mol. The Bertz CT molecular complexity index is 382. The van der Waals surface area contributed by atoms with Crippen LogP contribution in [0.4, 0.5) is 0 Å². The van der Waals surface area contributed by atoms with Crippen molar-refractivity contribution in [3.05, 3.63) is 20.8 Å². The largest absolute Gasteiger partial charge is 0.311 e. The van der Waals surface area contributed by atoms with Crippen LogP contribution in [-0.2, 0) is 6.54 Å². The lowest BCUT2D eigenvalue weighted by molar-refractivity contribution is 0.171. The van der Waals surface area contributed by atoms with Gasteiger partial charge in [-0.3, -0.25) is 4.90 Å². The first-order valence-electron chi connectivity index (χ1n) is 6.87. The van der Waals surface area contributed by atoms with Gasteiger partial charge in [0.2, 0.25) is 0 Å². The van der Waals surface area contributed by atoms with E-state index in [1.807, 2.05) is 11.3 Å². The maximum Gasteiger partial charge on any atom is 0.0328 e. The molecule has 0 radical (unpaired) electrons. The van der Waals surface area contributed by atoms with Gasteiger partial charge in [-0.2, -0.15) is 0 Å². The lowest BCUT2D eigenvalue weighted by Crippen LogP contribution is -2.48. The van der Waals surface area contributed by atoms with Gasteiger partial charge >= 0.3 is 0 Å². The van der Waals surface area contributed by atoms with Crippen molar-refractivity contribution in [3.63, 3.8) is 0 Å². The molecule has 19 heavy (non-hydrogen) atoms. The maximum atomic E-state index is 3.63. The highest BCUT2D eigenvalue weighted by molar-refractivity contribution is 9.10. The summed E-state index contributed by atoms with van der Waals surface area (Å²) in [7, 11) is 2.22. The van der Waals surface area contributed by atoms with Crippen LogP contribution in [0.3, 0.4) is 0 Å².